The molecule has 0 aliphatic rings. The van der Waals surface area contributed by atoms with Gasteiger partial charge in [0.25, 0.3) is 0 Å². The maximum absolute atomic E-state index is 5.34. The summed E-state index contributed by atoms with van der Waals surface area (Å²) in [4.78, 5) is 0. The quantitative estimate of drug-likeness (QED) is 0.810. The van der Waals surface area contributed by atoms with E-state index in [1.54, 1.807) is 7.11 Å². The Morgan fingerprint density at radius 3 is 2.81 bits per heavy atom. The molecule has 0 spiro atoms. The third kappa shape index (κ3) is 4.14. The first kappa shape index (κ1) is 13.5. The Labute approximate surface area is 107 Å². The van der Waals surface area contributed by atoms with Crippen molar-refractivity contribution >= 4 is 15.9 Å². The van der Waals surface area contributed by atoms with E-state index < -0.39 is 0 Å². The molecule has 0 aliphatic heterocycles. The molecule has 1 N–H and O–H groups in total. The molecule has 0 saturated heterocycles. The molecule has 0 fully saturated rings. The molecule has 0 heterocycles. The van der Waals surface area contributed by atoms with E-state index in [0.29, 0.717) is 6.04 Å². The van der Waals surface area contributed by atoms with Crippen molar-refractivity contribution in [2.24, 2.45) is 0 Å². The molecule has 3 heteroatoms. The molecule has 0 radical (unpaired) electrons. The van der Waals surface area contributed by atoms with Crippen molar-refractivity contribution in [1.82, 2.24) is 5.32 Å². The maximum atomic E-state index is 5.34. The molecular formula is C13H20BrNO. The fourth-order valence-corrected chi connectivity index (χ4v) is 2.28. The summed E-state index contributed by atoms with van der Waals surface area (Å²) in [5, 5.41) is 4.53. The third-order valence-electron chi connectivity index (χ3n) is 2.62. The third-order valence-corrected chi connectivity index (χ3v) is 3.08. The van der Waals surface area contributed by atoms with Crippen molar-refractivity contribution in [3.05, 3.63) is 29.3 Å². The van der Waals surface area contributed by atoms with Gasteiger partial charge in [-0.1, -0.05) is 33.6 Å². The van der Waals surface area contributed by atoms with E-state index >= 15 is 0 Å². The predicted octanol–water partition coefficient (Wildman–Crippen LogP) is 3.27. The fourth-order valence-electron chi connectivity index (χ4n) is 1.60. The van der Waals surface area contributed by atoms with Crippen LogP contribution in [0.1, 0.15) is 24.5 Å². The van der Waals surface area contributed by atoms with Crippen LogP contribution in [0.25, 0.3) is 0 Å². The van der Waals surface area contributed by atoms with Crippen molar-refractivity contribution in [2.45, 2.75) is 32.9 Å². The number of alkyl halides is 1. The number of methoxy groups -OCH3 is 1. The van der Waals surface area contributed by atoms with Crippen LogP contribution >= 0.6 is 15.9 Å². The molecule has 16 heavy (non-hydrogen) atoms. The van der Waals surface area contributed by atoms with Gasteiger partial charge < -0.3 is 10.1 Å². The van der Waals surface area contributed by atoms with Crippen LogP contribution in [0.2, 0.25) is 0 Å². The molecule has 1 unspecified atom stereocenters. The summed E-state index contributed by atoms with van der Waals surface area (Å²) in [6.45, 7) is 5.16. The van der Waals surface area contributed by atoms with E-state index in [-0.39, 0.29) is 0 Å². The van der Waals surface area contributed by atoms with E-state index in [0.717, 1.165) is 24.0 Å². The lowest BCUT2D eigenvalue weighted by Gasteiger charge is -2.14. The van der Waals surface area contributed by atoms with Gasteiger partial charge in [-0.05, 0) is 26.3 Å². The summed E-state index contributed by atoms with van der Waals surface area (Å²) < 4.78 is 5.34. The highest BCUT2D eigenvalue weighted by Gasteiger charge is 2.05. The Balaban J connectivity index is 2.61. The SMILES string of the molecule is COc1ccc(C)cc1CNC(C)CCBr. The first-order valence-electron chi connectivity index (χ1n) is 5.60. The van der Waals surface area contributed by atoms with Gasteiger partial charge in [-0.15, -0.1) is 0 Å². The molecule has 0 aliphatic carbocycles. The van der Waals surface area contributed by atoms with Gasteiger partial charge in [0.1, 0.15) is 5.75 Å². The number of nitrogens with one attached hydrogen (secondary N) is 1. The van der Waals surface area contributed by atoms with E-state index in [2.05, 4.69) is 47.2 Å². The zero-order valence-corrected chi connectivity index (χ0v) is 11.8. The molecule has 0 amide bonds. The Hall–Kier alpha value is -0.540. The summed E-state index contributed by atoms with van der Waals surface area (Å²) in [5.41, 5.74) is 2.50. The van der Waals surface area contributed by atoms with Crippen molar-refractivity contribution in [3.63, 3.8) is 0 Å². The highest BCUT2D eigenvalue weighted by atomic mass is 79.9. The van der Waals surface area contributed by atoms with Gasteiger partial charge in [0.15, 0.2) is 0 Å². The van der Waals surface area contributed by atoms with Gasteiger partial charge in [-0.25, -0.2) is 0 Å². The van der Waals surface area contributed by atoms with Gasteiger partial charge in [-0.2, -0.15) is 0 Å². The first-order valence-corrected chi connectivity index (χ1v) is 6.72. The van der Waals surface area contributed by atoms with Crippen LogP contribution in [0.3, 0.4) is 0 Å². The average molecular weight is 286 g/mol. The zero-order chi connectivity index (χ0) is 12.0. The van der Waals surface area contributed by atoms with Crippen LogP contribution in [0.15, 0.2) is 18.2 Å². The van der Waals surface area contributed by atoms with Crippen molar-refractivity contribution in [2.75, 3.05) is 12.4 Å². The molecule has 90 valence electrons. The zero-order valence-electron chi connectivity index (χ0n) is 10.2. The average Bonchev–Trinajstić information content (AvgIpc) is 2.27. The lowest BCUT2D eigenvalue weighted by atomic mass is 10.1. The van der Waals surface area contributed by atoms with Gasteiger partial charge in [0.2, 0.25) is 0 Å². The Morgan fingerprint density at radius 1 is 1.44 bits per heavy atom. The second-order valence-electron chi connectivity index (χ2n) is 4.07. The van der Waals surface area contributed by atoms with E-state index in [9.17, 15) is 0 Å². The van der Waals surface area contributed by atoms with Crippen LogP contribution in [-0.4, -0.2) is 18.5 Å². The van der Waals surface area contributed by atoms with Gasteiger partial charge >= 0.3 is 0 Å². The van der Waals surface area contributed by atoms with E-state index in [1.807, 2.05) is 6.07 Å². The van der Waals surface area contributed by atoms with Gasteiger partial charge in [0.05, 0.1) is 7.11 Å². The monoisotopic (exact) mass is 285 g/mol. The number of hydrogen-bond donors (Lipinski definition) is 1. The molecule has 2 nitrogen and oxygen atoms in total. The van der Waals surface area contributed by atoms with Crippen LogP contribution in [0, 0.1) is 6.92 Å². The van der Waals surface area contributed by atoms with Gasteiger partial charge in [0, 0.05) is 23.5 Å². The maximum Gasteiger partial charge on any atom is 0.123 e. The normalized spacial score (nSPS) is 12.5. The predicted molar refractivity (Wildman–Crippen MR) is 72.4 cm³/mol. The number of aryl methyl sites for hydroxylation is 1. The van der Waals surface area contributed by atoms with Gasteiger partial charge in [-0.3, -0.25) is 0 Å². The molecule has 0 bridgehead atoms. The van der Waals surface area contributed by atoms with Crippen LogP contribution in [-0.2, 0) is 6.54 Å². The lowest BCUT2D eigenvalue weighted by Crippen LogP contribution is -2.25. The van der Waals surface area contributed by atoms with Crippen LogP contribution in [0.5, 0.6) is 5.75 Å². The summed E-state index contributed by atoms with van der Waals surface area (Å²) >= 11 is 3.45. The highest BCUT2D eigenvalue weighted by Crippen LogP contribution is 2.19. The van der Waals surface area contributed by atoms with E-state index in [4.69, 9.17) is 4.74 Å². The number of benzene rings is 1. The summed E-state index contributed by atoms with van der Waals surface area (Å²) in [5.74, 6) is 0.962. The summed E-state index contributed by atoms with van der Waals surface area (Å²) in [7, 11) is 1.72. The van der Waals surface area contributed by atoms with Crippen LogP contribution < -0.4 is 10.1 Å². The number of hydrogen-bond acceptors (Lipinski definition) is 2. The minimum Gasteiger partial charge on any atom is -0.496 e. The largest absolute Gasteiger partial charge is 0.496 e. The first-order chi connectivity index (χ1) is 7.67. The minimum atomic E-state index is 0.518. The summed E-state index contributed by atoms with van der Waals surface area (Å²) in [6.07, 6.45) is 1.13. The summed E-state index contributed by atoms with van der Waals surface area (Å²) in [6, 6.07) is 6.79. The lowest BCUT2D eigenvalue weighted by molar-refractivity contribution is 0.405. The molecular weight excluding hydrogens is 266 g/mol. The second kappa shape index (κ2) is 6.92. The second-order valence-corrected chi connectivity index (χ2v) is 4.87. The Morgan fingerprint density at radius 2 is 2.19 bits per heavy atom. The van der Waals surface area contributed by atoms with Crippen molar-refractivity contribution in [1.29, 1.82) is 0 Å². The Kier molecular flexibility index (Phi) is 5.85. The smallest absolute Gasteiger partial charge is 0.123 e. The standard InChI is InChI=1S/C13H20BrNO/c1-10-4-5-13(16-3)12(8-10)9-15-11(2)6-7-14/h4-5,8,11,15H,6-7,9H2,1-3H3. The van der Waals surface area contributed by atoms with Crippen molar-refractivity contribution in [3.8, 4) is 5.75 Å². The number of ether oxygens (including phenoxy) is 1. The minimum absolute atomic E-state index is 0.518. The molecule has 1 aromatic rings. The number of halogens is 1. The Bertz CT molecular complexity index is 328. The molecule has 1 aromatic carbocycles. The topological polar surface area (TPSA) is 21.3 Å². The molecule has 0 saturated carbocycles. The molecule has 0 aromatic heterocycles. The van der Waals surface area contributed by atoms with Crippen LogP contribution in [0.4, 0.5) is 0 Å². The molecule has 1 rings (SSSR count). The highest BCUT2D eigenvalue weighted by molar-refractivity contribution is 9.09. The molecule has 1 atom stereocenters. The van der Waals surface area contributed by atoms with E-state index in [1.165, 1.54) is 11.1 Å². The fraction of sp³-hybridized carbons (Fsp3) is 0.538. The number of rotatable bonds is 6. The van der Waals surface area contributed by atoms with Crippen molar-refractivity contribution < 1.29 is 4.74 Å².